The van der Waals surface area contributed by atoms with E-state index in [1.54, 1.807) is 0 Å². The fourth-order valence-corrected chi connectivity index (χ4v) is 5.76. The van der Waals surface area contributed by atoms with Gasteiger partial charge in [0.1, 0.15) is 34.5 Å². The molecule has 0 aliphatic carbocycles. The molecule has 5 rings (SSSR count). The Kier molecular flexibility index (Phi) is 18.9. The Morgan fingerprint density at radius 3 is 0.897 bits per heavy atom. The number of ether oxygens (including phenoxy) is 6. The molecule has 5 aromatic rings. The minimum absolute atomic E-state index is 0.0687. The summed E-state index contributed by atoms with van der Waals surface area (Å²) < 4.78 is 34.8. The number of nitrogens with zero attached hydrogens (tertiary/aromatic N) is 4. The van der Waals surface area contributed by atoms with Crippen LogP contribution in [0.15, 0.2) is 136 Å². The first-order valence-electron chi connectivity index (χ1n) is 20.4. The fourth-order valence-electron chi connectivity index (χ4n) is 5.76. The van der Waals surface area contributed by atoms with Crippen molar-refractivity contribution in [3.05, 3.63) is 121 Å². The van der Waals surface area contributed by atoms with Crippen molar-refractivity contribution in [2.75, 3.05) is 39.6 Å². The standard InChI is InChI=1S/C47H56N4O7/c1-3-53-42-21-13-38(14-22-42)48-50-40-17-25-44(26-18-40)55-29-9-5-7-11-31-57-46-33-37(36-52)34-47(35-46)58-32-12-8-6-10-30-56-45-27-19-41(20-28-45)51-49-39-15-23-43(24-16-39)54-4-2/h13-28,33-35,52H,3-12,29-32,36H2,1-2H3. The van der Waals surface area contributed by atoms with E-state index in [-0.39, 0.29) is 6.61 Å². The molecule has 0 atom stereocenters. The molecule has 5 aromatic carbocycles. The van der Waals surface area contributed by atoms with Gasteiger partial charge >= 0.3 is 0 Å². The quantitative estimate of drug-likeness (QED) is 0.0415. The third-order valence-electron chi connectivity index (χ3n) is 8.81. The summed E-state index contributed by atoms with van der Waals surface area (Å²) in [6, 6.07) is 36.0. The summed E-state index contributed by atoms with van der Waals surface area (Å²) in [7, 11) is 0. The lowest BCUT2D eigenvalue weighted by Gasteiger charge is -2.12. The third kappa shape index (κ3) is 16.3. The Bertz CT molecular complexity index is 1800. The van der Waals surface area contributed by atoms with Gasteiger partial charge in [-0.25, -0.2) is 0 Å². The lowest BCUT2D eigenvalue weighted by atomic mass is 10.2. The van der Waals surface area contributed by atoms with Gasteiger partial charge in [0.15, 0.2) is 0 Å². The maximum absolute atomic E-state index is 9.78. The molecule has 58 heavy (non-hydrogen) atoms. The molecule has 0 unspecified atom stereocenters. The number of hydrogen-bond donors (Lipinski definition) is 1. The predicted octanol–water partition coefficient (Wildman–Crippen LogP) is 12.8. The van der Waals surface area contributed by atoms with E-state index in [1.807, 2.05) is 129 Å². The van der Waals surface area contributed by atoms with E-state index in [0.717, 1.165) is 103 Å². The summed E-state index contributed by atoms with van der Waals surface area (Å²) in [6.45, 7) is 7.62. The van der Waals surface area contributed by atoms with Crippen molar-refractivity contribution < 1.29 is 33.5 Å². The molecule has 0 aliphatic rings. The Morgan fingerprint density at radius 1 is 0.345 bits per heavy atom. The van der Waals surface area contributed by atoms with E-state index in [2.05, 4.69) is 20.5 Å². The third-order valence-corrected chi connectivity index (χ3v) is 8.81. The van der Waals surface area contributed by atoms with Gasteiger partial charge in [-0.1, -0.05) is 0 Å². The molecule has 11 heteroatoms. The highest BCUT2D eigenvalue weighted by Crippen LogP contribution is 2.26. The van der Waals surface area contributed by atoms with Crippen molar-refractivity contribution in [3.63, 3.8) is 0 Å². The summed E-state index contributed by atoms with van der Waals surface area (Å²) in [5.41, 5.74) is 3.84. The number of unbranched alkanes of at least 4 members (excludes halogenated alkanes) is 6. The molecule has 0 radical (unpaired) electrons. The van der Waals surface area contributed by atoms with Crippen molar-refractivity contribution in [2.45, 2.75) is 71.8 Å². The smallest absolute Gasteiger partial charge is 0.123 e. The Labute approximate surface area is 342 Å². The van der Waals surface area contributed by atoms with Gasteiger partial charge in [-0.05, 0) is 180 Å². The zero-order chi connectivity index (χ0) is 40.5. The maximum Gasteiger partial charge on any atom is 0.123 e. The van der Waals surface area contributed by atoms with E-state index >= 15 is 0 Å². The van der Waals surface area contributed by atoms with Crippen LogP contribution < -0.4 is 28.4 Å². The van der Waals surface area contributed by atoms with Gasteiger partial charge in [0.25, 0.3) is 0 Å². The fraction of sp³-hybridized carbons (Fsp3) is 0.362. The molecule has 0 aliphatic heterocycles. The second-order valence-corrected chi connectivity index (χ2v) is 13.4. The van der Waals surface area contributed by atoms with Crippen LogP contribution in [0.25, 0.3) is 0 Å². The van der Waals surface area contributed by atoms with E-state index in [9.17, 15) is 5.11 Å². The van der Waals surface area contributed by atoms with Crippen LogP contribution in [0.3, 0.4) is 0 Å². The topological polar surface area (TPSA) is 125 Å². The number of aliphatic hydroxyl groups excluding tert-OH is 1. The zero-order valence-corrected chi connectivity index (χ0v) is 33.8. The first-order valence-corrected chi connectivity index (χ1v) is 20.4. The highest BCUT2D eigenvalue weighted by atomic mass is 16.5. The molecular weight excluding hydrogens is 733 g/mol. The van der Waals surface area contributed by atoms with Crippen LogP contribution in [-0.2, 0) is 6.61 Å². The molecular formula is C47H56N4O7. The Morgan fingerprint density at radius 2 is 0.621 bits per heavy atom. The van der Waals surface area contributed by atoms with Gasteiger partial charge in [0, 0.05) is 6.07 Å². The Balaban J connectivity index is 0.879. The van der Waals surface area contributed by atoms with Crippen molar-refractivity contribution >= 4 is 22.7 Å². The SMILES string of the molecule is CCOc1ccc(N=Nc2ccc(OCCCCCCOc3cc(CO)cc(OCCCCCCOc4ccc(N=Nc5ccc(OCC)cc5)cc4)c3)cc2)cc1. The van der Waals surface area contributed by atoms with Crippen molar-refractivity contribution in [1.29, 1.82) is 0 Å². The summed E-state index contributed by atoms with van der Waals surface area (Å²) >= 11 is 0. The van der Waals surface area contributed by atoms with Gasteiger partial charge in [-0.3, -0.25) is 0 Å². The van der Waals surface area contributed by atoms with Crippen LogP contribution >= 0.6 is 0 Å². The van der Waals surface area contributed by atoms with Crippen LogP contribution in [0.5, 0.6) is 34.5 Å². The van der Waals surface area contributed by atoms with Crippen LogP contribution in [0.4, 0.5) is 22.7 Å². The van der Waals surface area contributed by atoms with Crippen molar-refractivity contribution in [1.82, 2.24) is 0 Å². The maximum atomic E-state index is 9.78. The highest BCUT2D eigenvalue weighted by Gasteiger charge is 2.05. The number of rotatable bonds is 27. The highest BCUT2D eigenvalue weighted by molar-refractivity contribution is 5.45. The molecule has 11 nitrogen and oxygen atoms in total. The average molecular weight is 789 g/mol. The van der Waals surface area contributed by atoms with E-state index in [0.29, 0.717) is 51.1 Å². The molecule has 0 heterocycles. The van der Waals surface area contributed by atoms with E-state index < -0.39 is 0 Å². The second kappa shape index (κ2) is 25.3. The Hall–Kier alpha value is -5.94. The number of azo groups is 2. The number of hydrogen-bond acceptors (Lipinski definition) is 11. The summed E-state index contributed by atoms with van der Waals surface area (Å²) in [5.74, 6) is 4.70. The predicted molar refractivity (Wildman–Crippen MR) is 228 cm³/mol. The summed E-state index contributed by atoms with van der Waals surface area (Å²) in [5, 5.41) is 27.0. The summed E-state index contributed by atoms with van der Waals surface area (Å²) in [6.07, 6.45) is 7.93. The molecule has 0 fully saturated rings. The van der Waals surface area contributed by atoms with Crippen molar-refractivity contribution in [2.24, 2.45) is 20.5 Å². The molecule has 306 valence electrons. The minimum Gasteiger partial charge on any atom is -0.494 e. The van der Waals surface area contributed by atoms with Crippen molar-refractivity contribution in [3.8, 4) is 34.5 Å². The lowest BCUT2D eigenvalue weighted by molar-refractivity contribution is 0.268. The van der Waals surface area contributed by atoms with Gasteiger partial charge in [-0.2, -0.15) is 20.5 Å². The molecule has 0 bridgehead atoms. The summed E-state index contributed by atoms with van der Waals surface area (Å²) in [4.78, 5) is 0. The van der Waals surface area contributed by atoms with Crippen LogP contribution in [-0.4, -0.2) is 44.7 Å². The minimum atomic E-state index is -0.0687. The molecule has 0 aromatic heterocycles. The number of benzene rings is 5. The molecule has 1 N–H and O–H groups in total. The normalized spacial score (nSPS) is 11.2. The number of aliphatic hydroxyl groups is 1. The van der Waals surface area contributed by atoms with Crippen LogP contribution in [0.1, 0.15) is 70.8 Å². The van der Waals surface area contributed by atoms with Gasteiger partial charge in [0.2, 0.25) is 0 Å². The second-order valence-electron chi connectivity index (χ2n) is 13.4. The lowest BCUT2D eigenvalue weighted by Crippen LogP contribution is -2.02. The molecule has 0 saturated heterocycles. The van der Waals surface area contributed by atoms with Gasteiger partial charge in [0.05, 0.1) is 69.0 Å². The molecule has 0 amide bonds. The first-order chi connectivity index (χ1) is 28.6. The monoisotopic (exact) mass is 788 g/mol. The molecule has 0 spiro atoms. The van der Waals surface area contributed by atoms with Gasteiger partial charge < -0.3 is 33.5 Å². The average Bonchev–Trinajstić information content (AvgIpc) is 3.26. The van der Waals surface area contributed by atoms with Crippen LogP contribution in [0.2, 0.25) is 0 Å². The van der Waals surface area contributed by atoms with Gasteiger partial charge in [-0.15, -0.1) is 0 Å². The molecule has 0 saturated carbocycles. The van der Waals surface area contributed by atoms with Crippen LogP contribution in [0, 0.1) is 0 Å². The zero-order valence-electron chi connectivity index (χ0n) is 33.8. The van der Waals surface area contributed by atoms with E-state index in [1.165, 1.54) is 0 Å². The van der Waals surface area contributed by atoms with E-state index in [4.69, 9.17) is 28.4 Å². The first kappa shape index (κ1) is 43.2. The largest absolute Gasteiger partial charge is 0.494 e.